The summed E-state index contributed by atoms with van der Waals surface area (Å²) in [6, 6.07) is 17.5. The summed E-state index contributed by atoms with van der Waals surface area (Å²) in [5.74, 6) is -0.0423. The number of benzene rings is 2. The average Bonchev–Trinajstić information content (AvgIpc) is 3.12. The maximum Gasteiger partial charge on any atom is 0.257 e. The molecule has 0 aliphatic carbocycles. The molecular formula is C26H32N4O3. The van der Waals surface area contributed by atoms with Gasteiger partial charge in [0.05, 0.1) is 11.3 Å². The molecule has 3 amide bonds. The highest BCUT2D eigenvalue weighted by molar-refractivity contribution is 6.10. The molecule has 2 aromatic rings. The fraction of sp³-hybridized carbons (Fsp3) is 0.423. The molecule has 0 bridgehead atoms. The molecule has 2 aliphatic heterocycles. The van der Waals surface area contributed by atoms with Gasteiger partial charge in [-0.15, -0.1) is 0 Å². The van der Waals surface area contributed by atoms with Crippen molar-refractivity contribution in [1.29, 1.82) is 0 Å². The van der Waals surface area contributed by atoms with Gasteiger partial charge in [-0.3, -0.25) is 19.3 Å². The number of rotatable bonds is 9. The molecule has 1 fully saturated rings. The predicted molar refractivity (Wildman–Crippen MR) is 128 cm³/mol. The lowest BCUT2D eigenvalue weighted by Gasteiger charge is -2.48. The molecule has 1 unspecified atom stereocenters. The van der Waals surface area contributed by atoms with E-state index in [0.717, 1.165) is 13.1 Å². The molecule has 174 valence electrons. The van der Waals surface area contributed by atoms with Gasteiger partial charge in [-0.2, -0.15) is 0 Å². The Morgan fingerprint density at radius 1 is 1.09 bits per heavy atom. The fourth-order valence-electron chi connectivity index (χ4n) is 4.89. The smallest absolute Gasteiger partial charge is 0.257 e. The van der Waals surface area contributed by atoms with Gasteiger partial charge >= 0.3 is 0 Å². The minimum Gasteiger partial charge on any atom is -0.355 e. The minimum atomic E-state index is -0.668. The second-order valence-corrected chi connectivity index (χ2v) is 9.10. The SMILES string of the molecule is CN(CCNC(=O)CCCN1C(=O)c2ccccc2N2C(=O)CCC12C)Cc1ccccc1. The molecule has 0 radical (unpaired) electrons. The standard InChI is InChI=1S/C26H32N4O3/c1-26-15-14-24(32)30(26)22-12-7-6-11-21(22)25(33)29(26)17-8-13-23(31)27-16-18-28(2)19-20-9-4-3-5-10-20/h3-7,9-12H,8,13-19H2,1-2H3,(H,27,31). The van der Waals surface area contributed by atoms with E-state index in [-0.39, 0.29) is 17.7 Å². The van der Waals surface area contributed by atoms with Crippen LogP contribution in [0.25, 0.3) is 0 Å². The van der Waals surface area contributed by atoms with Gasteiger partial charge < -0.3 is 15.1 Å². The molecule has 1 saturated heterocycles. The first-order valence-electron chi connectivity index (χ1n) is 11.6. The van der Waals surface area contributed by atoms with Crippen molar-refractivity contribution in [2.75, 3.05) is 31.6 Å². The number of amides is 3. The number of carbonyl (C=O) groups excluding carboxylic acids is 3. The van der Waals surface area contributed by atoms with Crippen LogP contribution in [0.1, 0.15) is 48.5 Å². The number of fused-ring (bicyclic) bond motifs is 3. The molecule has 1 N–H and O–H groups in total. The molecule has 2 heterocycles. The Morgan fingerprint density at radius 3 is 2.61 bits per heavy atom. The van der Waals surface area contributed by atoms with Crippen molar-refractivity contribution in [3.8, 4) is 0 Å². The number of anilines is 1. The third-order valence-electron chi connectivity index (χ3n) is 6.64. The highest BCUT2D eigenvalue weighted by atomic mass is 16.2. The Labute approximate surface area is 195 Å². The molecule has 0 aromatic heterocycles. The number of nitrogens with zero attached hydrogens (tertiary/aromatic N) is 3. The quantitative estimate of drug-likeness (QED) is 0.640. The molecule has 7 nitrogen and oxygen atoms in total. The van der Waals surface area contributed by atoms with Crippen molar-refractivity contribution in [3.63, 3.8) is 0 Å². The lowest BCUT2D eigenvalue weighted by molar-refractivity contribution is -0.121. The van der Waals surface area contributed by atoms with E-state index in [2.05, 4.69) is 22.3 Å². The summed E-state index contributed by atoms with van der Waals surface area (Å²) in [4.78, 5) is 43.9. The summed E-state index contributed by atoms with van der Waals surface area (Å²) in [6.45, 7) is 4.57. The maximum atomic E-state index is 13.2. The van der Waals surface area contributed by atoms with Crippen molar-refractivity contribution in [3.05, 3.63) is 65.7 Å². The van der Waals surface area contributed by atoms with Gasteiger partial charge in [-0.05, 0) is 44.5 Å². The third-order valence-corrected chi connectivity index (χ3v) is 6.64. The average molecular weight is 449 g/mol. The van der Waals surface area contributed by atoms with Crippen LogP contribution in [0.15, 0.2) is 54.6 Å². The van der Waals surface area contributed by atoms with Crippen LogP contribution < -0.4 is 10.2 Å². The zero-order valence-electron chi connectivity index (χ0n) is 19.4. The Morgan fingerprint density at radius 2 is 1.82 bits per heavy atom. The van der Waals surface area contributed by atoms with Gasteiger partial charge in [-0.1, -0.05) is 42.5 Å². The number of hydrogen-bond acceptors (Lipinski definition) is 4. The summed E-state index contributed by atoms with van der Waals surface area (Å²) in [7, 11) is 2.04. The zero-order valence-corrected chi connectivity index (χ0v) is 19.4. The number of carbonyl (C=O) groups is 3. The summed E-state index contributed by atoms with van der Waals surface area (Å²) in [5.41, 5.74) is 1.82. The van der Waals surface area contributed by atoms with E-state index in [0.29, 0.717) is 50.0 Å². The van der Waals surface area contributed by atoms with Gasteiger partial charge in [0.1, 0.15) is 5.66 Å². The number of nitrogens with one attached hydrogen (secondary N) is 1. The van der Waals surface area contributed by atoms with Gasteiger partial charge in [-0.25, -0.2) is 0 Å². The summed E-state index contributed by atoms with van der Waals surface area (Å²) >= 11 is 0. The summed E-state index contributed by atoms with van der Waals surface area (Å²) in [5, 5.41) is 2.98. The van der Waals surface area contributed by atoms with Crippen LogP contribution in [0.2, 0.25) is 0 Å². The molecule has 2 aliphatic rings. The highest BCUT2D eigenvalue weighted by Crippen LogP contribution is 2.43. The van der Waals surface area contributed by atoms with Crippen LogP contribution in [0.4, 0.5) is 5.69 Å². The maximum absolute atomic E-state index is 13.2. The Kier molecular flexibility index (Phi) is 6.79. The predicted octanol–water partition coefficient (Wildman–Crippen LogP) is 3.01. The first-order chi connectivity index (χ1) is 15.9. The molecule has 4 rings (SSSR count). The second-order valence-electron chi connectivity index (χ2n) is 9.10. The fourth-order valence-corrected chi connectivity index (χ4v) is 4.89. The van der Waals surface area contributed by atoms with Crippen LogP contribution in [-0.4, -0.2) is 59.9 Å². The van der Waals surface area contributed by atoms with E-state index < -0.39 is 5.66 Å². The van der Waals surface area contributed by atoms with Gasteiger partial charge in [0.2, 0.25) is 11.8 Å². The molecular weight excluding hydrogens is 416 g/mol. The Hall–Kier alpha value is -3.19. The minimum absolute atomic E-state index is 0.0162. The molecule has 0 spiro atoms. The molecule has 2 aromatic carbocycles. The van der Waals surface area contributed by atoms with Crippen molar-refractivity contribution in [1.82, 2.24) is 15.1 Å². The van der Waals surface area contributed by atoms with E-state index in [1.165, 1.54) is 5.56 Å². The van der Waals surface area contributed by atoms with E-state index in [1.54, 1.807) is 15.9 Å². The summed E-state index contributed by atoms with van der Waals surface area (Å²) in [6.07, 6.45) is 1.92. The van der Waals surface area contributed by atoms with E-state index in [4.69, 9.17) is 0 Å². The monoisotopic (exact) mass is 448 g/mol. The lowest BCUT2D eigenvalue weighted by atomic mass is 9.98. The molecule has 0 saturated carbocycles. The molecule has 1 atom stereocenters. The van der Waals surface area contributed by atoms with Crippen LogP contribution in [0.5, 0.6) is 0 Å². The molecule has 7 heteroatoms. The topological polar surface area (TPSA) is 73.0 Å². The van der Waals surface area contributed by atoms with Crippen LogP contribution in [-0.2, 0) is 16.1 Å². The van der Waals surface area contributed by atoms with E-state index in [9.17, 15) is 14.4 Å². The first kappa shape index (κ1) is 23.0. The van der Waals surface area contributed by atoms with Gasteiger partial charge in [0, 0.05) is 39.0 Å². The first-order valence-corrected chi connectivity index (χ1v) is 11.6. The van der Waals surface area contributed by atoms with Crippen molar-refractivity contribution in [2.24, 2.45) is 0 Å². The Bertz CT molecular complexity index is 1030. The van der Waals surface area contributed by atoms with E-state index >= 15 is 0 Å². The molecule has 33 heavy (non-hydrogen) atoms. The van der Waals surface area contributed by atoms with Crippen LogP contribution in [0.3, 0.4) is 0 Å². The van der Waals surface area contributed by atoms with Crippen LogP contribution >= 0.6 is 0 Å². The normalized spacial score (nSPS) is 19.6. The van der Waals surface area contributed by atoms with Gasteiger partial charge in [0.15, 0.2) is 0 Å². The van der Waals surface area contributed by atoms with Crippen molar-refractivity contribution >= 4 is 23.4 Å². The van der Waals surface area contributed by atoms with Crippen molar-refractivity contribution in [2.45, 2.75) is 44.8 Å². The Balaban J connectivity index is 1.27. The number of hydrogen-bond donors (Lipinski definition) is 1. The third kappa shape index (κ3) is 4.78. The number of para-hydroxylation sites is 1. The van der Waals surface area contributed by atoms with E-state index in [1.807, 2.05) is 50.4 Å². The second kappa shape index (κ2) is 9.75. The highest BCUT2D eigenvalue weighted by Gasteiger charge is 2.52. The van der Waals surface area contributed by atoms with Gasteiger partial charge in [0.25, 0.3) is 5.91 Å². The summed E-state index contributed by atoms with van der Waals surface area (Å²) < 4.78 is 0. The largest absolute Gasteiger partial charge is 0.355 e. The van der Waals surface area contributed by atoms with Crippen molar-refractivity contribution < 1.29 is 14.4 Å². The lowest BCUT2D eigenvalue weighted by Crippen LogP contribution is -2.62. The number of likely N-dealkylation sites (N-methyl/N-ethyl adjacent to an activating group) is 1. The zero-order chi connectivity index (χ0) is 23.4. The van der Waals surface area contributed by atoms with Crippen LogP contribution in [0, 0.1) is 0 Å².